The van der Waals surface area contributed by atoms with Gasteiger partial charge < -0.3 is 9.32 Å². The van der Waals surface area contributed by atoms with Gasteiger partial charge in [0.2, 0.25) is 0 Å². The fourth-order valence-corrected chi connectivity index (χ4v) is 7.64. The number of anilines is 3. The second-order valence-corrected chi connectivity index (χ2v) is 13.4. The Labute approximate surface area is 302 Å². The molecule has 2 heteroatoms. The summed E-state index contributed by atoms with van der Waals surface area (Å²) in [5.41, 5.74) is 12.2. The van der Waals surface area contributed by atoms with Gasteiger partial charge in [-0.15, -0.1) is 0 Å². The molecule has 2 nitrogen and oxygen atoms in total. The lowest BCUT2D eigenvalue weighted by atomic mass is 9.96. The monoisotopic (exact) mass is 663 g/mol. The third-order valence-electron chi connectivity index (χ3n) is 10.2. The molecule has 0 N–H and O–H groups in total. The second-order valence-electron chi connectivity index (χ2n) is 13.4. The number of rotatable bonds is 6. The van der Waals surface area contributed by atoms with Gasteiger partial charge in [0.1, 0.15) is 11.2 Å². The number of para-hydroxylation sites is 1. The molecule has 0 spiro atoms. The van der Waals surface area contributed by atoms with E-state index in [1.807, 2.05) is 12.1 Å². The maximum atomic E-state index is 6.28. The van der Waals surface area contributed by atoms with Gasteiger partial charge in [-0.05, 0) is 116 Å². The molecule has 0 unspecified atom stereocenters. The van der Waals surface area contributed by atoms with Crippen LogP contribution in [0.4, 0.5) is 17.1 Å². The van der Waals surface area contributed by atoms with E-state index in [9.17, 15) is 0 Å². The lowest BCUT2D eigenvalue weighted by Gasteiger charge is -2.28. The lowest BCUT2D eigenvalue weighted by molar-refractivity contribution is 0.669. The summed E-state index contributed by atoms with van der Waals surface area (Å²) in [6.45, 7) is 0. The molecule has 10 aromatic rings. The zero-order chi connectivity index (χ0) is 34.4. The van der Waals surface area contributed by atoms with Crippen molar-refractivity contribution in [3.8, 4) is 33.4 Å². The van der Waals surface area contributed by atoms with Gasteiger partial charge in [-0.2, -0.15) is 0 Å². The minimum absolute atomic E-state index is 0.912. The smallest absolute Gasteiger partial charge is 0.136 e. The van der Waals surface area contributed by atoms with E-state index in [-0.39, 0.29) is 0 Å². The fraction of sp³-hybridized carbons (Fsp3) is 0. The quantitative estimate of drug-likeness (QED) is 0.165. The van der Waals surface area contributed by atoms with Crippen molar-refractivity contribution < 1.29 is 4.42 Å². The highest BCUT2D eigenvalue weighted by Gasteiger charge is 2.18. The van der Waals surface area contributed by atoms with Gasteiger partial charge >= 0.3 is 0 Å². The normalized spacial score (nSPS) is 11.5. The molecule has 0 saturated heterocycles. The van der Waals surface area contributed by atoms with E-state index < -0.39 is 0 Å². The summed E-state index contributed by atoms with van der Waals surface area (Å²) in [4.78, 5) is 2.41. The molecule has 244 valence electrons. The Hall–Kier alpha value is -6.90. The first-order chi connectivity index (χ1) is 25.7. The van der Waals surface area contributed by atoms with E-state index in [4.69, 9.17) is 4.42 Å². The topological polar surface area (TPSA) is 16.4 Å². The molecule has 1 heterocycles. The van der Waals surface area contributed by atoms with Crippen LogP contribution in [0.5, 0.6) is 0 Å². The van der Waals surface area contributed by atoms with Crippen molar-refractivity contribution in [3.63, 3.8) is 0 Å². The molecule has 0 bridgehead atoms. The average molecular weight is 664 g/mol. The molecule has 0 amide bonds. The molecule has 1 aromatic heterocycles. The Morgan fingerprint density at radius 1 is 0.269 bits per heavy atom. The van der Waals surface area contributed by atoms with Crippen molar-refractivity contribution >= 4 is 60.5 Å². The number of nitrogens with zero attached hydrogens (tertiary/aromatic N) is 1. The van der Waals surface area contributed by atoms with Crippen LogP contribution in [0.3, 0.4) is 0 Å². The Balaban J connectivity index is 1.23. The standard InChI is InChI=1S/C50H33NO/c1-4-13-34(14-5-1)38-19-12-20-42(28-38)51(44-29-40(35-15-6-2-7-16-35)27-41(30-44)36-17-8-3-9-18-36)43-26-25-37-23-24-39-31-50-48(33-47(39)46(37)32-43)45-21-10-11-22-49(45)52-50/h1-33H. The van der Waals surface area contributed by atoms with Gasteiger partial charge in [0.25, 0.3) is 0 Å². The second kappa shape index (κ2) is 12.5. The van der Waals surface area contributed by atoms with Gasteiger partial charge in [-0.25, -0.2) is 0 Å². The molecule has 52 heavy (non-hydrogen) atoms. The van der Waals surface area contributed by atoms with Crippen molar-refractivity contribution in [2.24, 2.45) is 0 Å². The molecule has 0 saturated carbocycles. The number of hydrogen-bond donors (Lipinski definition) is 0. The summed E-state index contributed by atoms with van der Waals surface area (Å²) in [6, 6.07) is 71.9. The number of fused-ring (bicyclic) bond motifs is 6. The molecule has 0 aliphatic carbocycles. The van der Waals surface area contributed by atoms with E-state index in [1.165, 1.54) is 49.5 Å². The zero-order valence-electron chi connectivity index (χ0n) is 28.4. The Morgan fingerprint density at radius 3 is 1.52 bits per heavy atom. The minimum Gasteiger partial charge on any atom is -0.456 e. The molecule has 9 aromatic carbocycles. The van der Waals surface area contributed by atoms with E-state index in [2.05, 4.69) is 193 Å². The maximum absolute atomic E-state index is 6.28. The van der Waals surface area contributed by atoms with Gasteiger partial charge in [0, 0.05) is 27.8 Å². The van der Waals surface area contributed by atoms with Crippen molar-refractivity contribution in [3.05, 3.63) is 200 Å². The highest BCUT2D eigenvalue weighted by Crippen LogP contribution is 2.43. The first kappa shape index (κ1) is 30.0. The Kier molecular flexibility index (Phi) is 7.18. The number of hydrogen-bond acceptors (Lipinski definition) is 2. The average Bonchev–Trinajstić information content (AvgIpc) is 3.58. The Morgan fingerprint density at radius 2 is 0.808 bits per heavy atom. The molecular formula is C50H33NO. The maximum Gasteiger partial charge on any atom is 0.136 e. The molecule has 0 aliphatic rings. The third kappa shape index (κ3) is 5.30. The van der Waals surface area contributed by atoms with Crippen molar-refractivity contribution in [1.82, 2.24) is 0 Å². The number of furan rings is 1. The van der Waals surface area contributed by atoms with Crippen molar-refractivity contribution in [1.29, 1.82) is 0 Å². The van der Waals surface area contributed by atoms with Crippen LogP contribution in [-0.4, -0.2) is 0 Å². The first-order valence-corrected chi connectivity index (χ1v) is 17.7. The summed E-state index contributed by atoms with van der Waals surface area (Å²) in [5.74, 6) is 0. The molecule has 0 fully saturated rings. The molecule has 10 rings (SSSR count). The molecular weight excluding hydrogens is 631 g/mol. The summed E-state index contributed by atoms with van der Waals surface area (Å²) in [6.07, 6.45) is 0. The van der Waals surface area contributed by atoms with Crippen LogP contribution in [0.2, 0.25) is 0 Å². The van der Waals surface area contributed by atoms with Crippen LogP contribution in [-0.2, 0) is 0 Å². The lowest BCUT2D eigenvalue weighted by Crippen LogP contribution is -2.10. The van der Waals surface area contributed by atoms with E-state index in [0.717, 1.165) is 44.4 Å². The van der Waals surface area contributed by atoms with Gasteiger partial charge in [0.05, 0.1) is 0 Å². The predicted octanol–water partition coefficient (Wildman–Crippen LogP) is 14.4. The van der Waals surface area contributed by atoms with Crippen LogP contribution in [0, 0.1) is 0 Å². The molecule has 0 aliphatic heterocycles. The minimum atomic E-state index is 0.912. The van der Waals surface area contributed by atoms with Gasteiger partial charge in [0.15, 0.2) is 0 Å². The van der Waals surface area contributed by atoms with Gasteiger partial charge in [-0.3, -0.25) is 0 Å². The summed E-state index contributed by atoms with van der Waals surface area (Å²) < 4.78 is 6.28. The number of benzene rings is 9. The van der Waals surface area contributed by atoms with Crippen LogP contribution >= 0.6 is 0 Å². The van der Waals surface area contributed by atoms with E-state index in [1.54, 1.807) is 0 Å². The summed E-state index contributed by atoms with van der Waals surface area (Å²) >= 11 is 0. The first-order valence-electron chi connectivity index (χ1n) is 17.7. The predicted molar refractivity (Wildman–Crippen MR) is 220 cm³/mol. The van der Waals surface area contributed by atoms with Gasteiger partial charge in [-0.1, -0.05) is 140 Å². The van der Waals surface area contributed by atoms with Crippen LogP contribution in [0.25, 0.3) is 76.9 Å². The molecule has 0 radical (unpaired) electrons. The highest BCUT2D eigenvalue weighted by atomic mass is 16.3. The van der Waals surface area contributed by atoms with E-state index >= 15 is 0 Å². The summed E-state index contributed by atoms with van der Waals surface area (Å²) in [7, 11) is 0. The van der Waals surface area contributed by atoms with Crippen LogP contribution < -0.4 is 4.90 Å². The fourth-order valence-electron chi connectivity index (χ4n) is 7.64. The third-order valence-corrected chi connectivity index (χ3v) is 10.2. The zero-order valence-corrected chi connectivity index (χ0v) is 28.4. The van der Waals surface area contributed by atoms with Crippen LogP contribution in [0.1, 0.15) is 0 Å². The van der Waals surface area contributed by atoms with E-state index in [0.29, 0.717) is 0 Å². The molecule has 0 atom stereocenters. The van der Waals surface area contributed by atoms with Crippen molar-refractivity contribution in [2.75, 3.05) is 4.90 Å². The van der Waals surface area contributed by atoms with Crippen LogP contribution in [0.15, 0.2) is 205 Å². The SMILES string of the molecule is c1ccc(-c2cccc(N(c3cc(-c4ccccc4)cc(-c4ccccc4)c3)c3ccc4ccc5cc6oc7ccccc7c6cc5c4c3)c2)cc1. The summed E-state index contributed by atoms with van der Waals surface area (Å²) in [5, 5.41) is 7.04. The highest BCUT2D eigenvalue weighted by molar-refractivity contribution is 6.17. The Bertz CT molecular complexity index is 2830. The largest absolute Gasteiger partial charge is 0.456 e. The van der Waals surface area contributed by atoms with Crippen molar-refractivity contribution in [2.45, 2.75) is 0 Å².